The van der Waals surface area contributed by atoms with Gasteiger partial charge in [0.2, 0.25) is 11.8 Å². The zero-order valence-electron chi connectivity index (χ0n) is 22.7. The highest BCUT2D eigenvalue weighted by Crippen LogP contribution is 2.26. The molecule has 11 heteroatoms. The summed E-state index contributed by atoms with van der Waals surface area (Å²) in [4.78, 5) is 28.2. The Balaban J connectivity index is 2.02. The van der Waals surface area contributed by atoms with Gasteiger partial charge in [-0.25, -0.2) is 12.8 Å². The summed E-state index contributed by atoms with van der Waals surface area (Å²) >= 11 is 12.2. The second kappa shape index (κ2) is 13.5. The molecule has 1 N–H and O–H groups in total. The molecule has 3 aromatic rings. The molecule has 0 unspecified atom stereocenters. The number of carbonyl (C=O) groups excluding carboxylic acids is 2. The molecule has 0 aliphatic heterocycles. The molecule has 0 saturated heterocycles. The van der Waals surface area contributed by atoms with Crippen LogP contribution in [0.3, 0.4) is 0 Å². The van der Waals surface area contributed by atoms with E-state index in [-0.39, 0.29) is 28.1 Å². The molecule has 2 amide bonds. The SMILES string of the molecule is Cc1ccc(S(=O)(=O)N(CC(=O)N(Cc2ccc(Cl)c(Cl)c2)[C@@H](C)C(=O)NCC(C)C)c2ccc(F)cc2)cc1. The summed E-state index contributed by atoms with van der Waals surface area (Å²) in [5.41, 5.74) is 1.56. The lowest BCUT2D eigenvalue weighted by Gasteiger charge is -2.32. The van der Waals surface area contributed by atoms with Crippen molar-refractivity contribution in [1.82, 2.24) is 10.2 Å². The number of halogens is 3. The summed E-state index contributed by atoms with van der Waals surface area (Å²) in [6.07, 6.45) is 0. The smallest absolute Gasteiger partial charge is 0.264 e. The second-order valence-electron chi connectivity index (χ2n) is 9.89. The van der Waals surface area contributed by atoms with Crippen molar-refractivity contribution in [3.63, 3.8) is 0 Å². The fourth-order valence-electron chi connectivity index (χ4n) is 3.84. The summed E-state index contributed by atoms with van der Waals surface area (Å²) < 4.78 is 42.2. The average molecular weight is 609 g/mol. The van der Waals surface area contributed by atoms with Gasteiger partial charge in [0.1, 0.15) is 18.4 Å². The minimum atomic E-state index is -4.24. The van der Waals surface area contributed by atoms with Gasteiger partial charge in [0.05, 0.1) is 20.6 Å². The number of anilines is 1. The van der Waals surface area contributed by atoms with E-state index in [0.29, 0.717) is 17.1 Å². The van der Waals surface area contributed by atoms with Crippen LogP contribution in [0.1, 0.15) is 31.9 Å². The lowest BCUT2D eigenvalue weighted by atomic mass is 10.1. The standard InChI is InChI=1S/C29H32Cl2FN3O4S/c1-19(2)16-33-29(37)21(4)34(17-22-7-14-26(30)27(31)15-22)28(36)18-35(24-10-8-23(32)9-11-24)40(38,39)25-12-5-20(3)6-13-25/h5-15,19,21H,16-18H2,1-4H3,(H,33,37)/t21-/m0/s1. The topological polar surface area (TPSA) is 86.8 Å². The van der Waals surface area contributed by atoms with Gasteiger partial charge >= 0.3 is 0 Å². The van der Waals surface area contributed by atoms with Crippen LogP contribution in [0.25, 0.3) is 0 Å². The average Bonchev–Trinajstić information content (AvgIpc) is 2.91. The van der Waals surface area contributed by atoms with E-state index >= 15 is 0 Å². The number of sulfonamides is 1. The van der Waals surface area contributed by atoms with Gasteiger partial charge in [-0.2, -0.15) is 0 Å². The molecule has 0 heterocycles. The third kappa shape index (κ3) is 7.96. The Bertz CT molecular complexity index is 1450. The molecule has 0 bridgehead atoms. The van der Waals surface area contributed by atoms with Crippen molar-refractivity contribution in [2.75, 3.05) is 17.4 Å². The molecule has 0 saturated carbocycles. The van der Waals surface area contributed by atoms with E-state index in [1.54, 1.807) is 37.3 Å². The van der Waals surface area contributed by atoms with Gasteiger partial charge < -0.3 is 10.2 Å². The monoisotopic (exact) mass is 607 g/mol. The van der Waals surface area contributed by atoms with Crippen LogP contribution in [0.15, 0.2) is 71.6 Å². The third-order valence-electron chi connectivity index (χ3n) is 6.19. The number of nitrogens with zero attached hydrogens (tertiary/aromatic N) is 2. The van der Waals surface area contributed by atoms with Crippen LogP contribution >= 0.6 is 23.2 Å². The highest BCUT2D eigenvalue weighted by atomic mass is 35.5. The third-order valence-corrected chi connectivity index (χ3v) is 8.72. The van der Waals surface area contributed by atoms with E-state index in [9.17, 15) is 22.4 Å². The molecule has 0 radical (unpaired) electrons. The zero-order valence-corrected chi connectivity index (χ0v) is 25.0. The van der Waals surface area contributed by atoms with Gasteiger partial charge in [0.15, 0.2) is 0 Å². The fourth-order valence-corrected chi connectivity index (χ4v) is 5.58. The molecule has 0 fully saturated rings. The van der Waals surface area contributed by atoms with Gasteiger partial charge in [-0.05, 0) is 73.9 Å². The summed E-state index contributed by atoms with van der Waals surface area (Å²) in [7, 11) is -4.24. The maximum Gasteiger partial charge on any atom is 0.264 e. The first-order valence-corrected chi connectivity index (χ1v) is 14.8. The zero-order chi connectivity index (χ0) is 29.6. The minimum Gasteiger partial charge on any atom is -0.354 e. The molecule has 0 spiro atoms. The Kier molecular flexibility index (Phi) is 10.6. The van der Waals surface area contributed by atoms with Crippen LogP contribution in [0.2, 0.25) is 10.0 Å². The largest absolute Gasteiger partial charge is 0.354 e. The quantitative estimate of drug-likeness (QED) is 0.297. The van der Waals surface area contributed by atoms with Crippen LogP contribution < -0.4 is 9.62 Å². The number of aryl methyl sites for hydroxylation is 1. The van der Waals surface area contributed by atoms with Gasteiger partial charge in [-0.3, -0.25) is 13.9 Å². The van der Waals surface area contributed by atoms with Gasteiger partial charge in [-0.1, -0.05) is 60.8 Å². The number of carbonyl (C=O) groups is 2. The maximum absolute atomic E-state index is 13.9. The predicted molar refractivity (Wildman–Crippen MR) is 156 cm³/mol. The Morgan fingerprint density at radius 2 is 1.55 bits per heavy atom. The summed E-state index contributed by atoms with van der Waals surface area (Å²) in [5, 5.41) is 3.43. The molecule has 0 aromatic heterocycles. The van der Waals surface area contributed by atoms with Crippen LogP contribution in [-0.4, -0.2) is 44.3 Å². The minimum absolute atomic E-state index is 0.0333. The Hall–Kier alpha value is -3.14. The fraction of sp³-hybridized carbons (Fsp3) is 0.310. The summed E-state index contributed by atoms with van der Waals surface area (Å²) in [5.74, 6) is -1.40. The van der Waals surface area contributed by atoms with Crippen molar-refractivity contribution in [2.24, 2.45) is 5.92 Å². The highest BCUT2D eigenvalue weighted by Gasteiger charge is 2.32. The molecule has 3 aromatic carbocycles. The molecular weight excluding hydrogens is 576 g/mol. The van der Waals surface area contributed by atoms with Crippen LogP contribution in [-0.2, 0) is 26.2 Å². The van der Waals surface area contributed by atoms with Crippen molar-refractivity contribution in [3.05, 3.63) is 93.7 Å². The van der Waals surface area contributed by atoms with Gasteiger partial charge in [-0.15, -0.1) is 0 Å². The van der Waals surface area contributed by atoms with E-state index < -0.39 is 40.2 Å². The lowest BCUT2D eigenvalue weighted by Crippen LogP contribution is -2.51. The van der Waals surface area contributed by atoms with Crippen molar-refractivity contribution in [3.8, 4) is 0 Å². The van der Waals surface area contributed by atoms with E-state index in [0.717, 1.165) is 22.0 Å². The van der Waals surface area contributed by atoms with Crippen molar-refractivity contribution in [2.45, 2.75) is 45.2 Å². The number of amides is 2. The molecule has 0 aliphatic rings. The molecular formula is C29H32Cl2FN3O4S. The molecule has 0 aliphatic carbocycles. The van der Waals surface area contributed by atoms with E-state index in [2.05, 4.69) is 5.32 Å². The van der Waals surface area contributed by atoms with Crippen molar-refractivity contribution >= 4 is 50.7 Å². The number of hydrogen-bond donors (Lipinski definition) is 1. The van der Waals surface area contributed by atoms with Crippen LogP contribution in [0.5, 0.6) is 0 Å². The number of nitrogens with one attached hydrogen (secondary N) is 1. The van der Waals surface area contributed by atoms with Gasteiger partial charge in [0.25, 0.3) is 10.0 Å². The van der Waals surface area contributed by atoms with E-state index in [1.807, 2.05) is 20.8 Å². The van der Waals surface area contributed by atoms with E-state index in [4.69, 9.17) is 23.2 Å². The first-order chi connectivity index (χ1) is 18.8. The number of hydrogen-bond acceptors (Lipinski definition) is 4. The molecule has 7 nitrogen and oxygen atoms in total. The second-order valence-corrected chi connectivity index (χ2v) is 12.6. The summed E-state index contributed by atoms with van der Waals surface area (Å²) in [6, 6.07) is 14.9. The van der Waals surface area contributed by atoms with Crippen molar-refractivity contribution in [1.29, 1.82) is 0 Å². The predicted octanol–water partition coefficient (Wildman–Crippen LogP) is 5.83. The number of benzene rings is 3. The first kappa shape index (κ1) is 31.4. The normalized spacial score (nSPS) is 12.2. The molecule has 40 heavy (non-hydrogen) atoms. The van der Waals surface area contributed by atoms with Crippen LogP contribution in [0, 0.1) is 18.7 Å². The molecule has 214 valence electrons. The van der Waals surface area contributed by atoms with Crippen LogP contribution in [0.4, 0.5) is 10.1 Å². The van der Waals surface area contributed by atoms with Crippen molar-refractivity contribution < 1.29 is 22.4 Å². The molecule has 3 rings (SSSR count). The maximum atomic E-state index is 13.9. The Morgan fingerprint density at radius 1 is 0.925 bits per heavy atom. The molecule has 1 atom stereocenters. The summed E-state index contributed by atoms with van der Waals surface area (Å²) in [6.45, 7) is 7.02. The highest BCUT2D eigenvalue weighted by molar-refractivity contribution is 7.92. The first-order valence-electron chi connectivity index (χ1n) is 12.7. The Morgan fingerprint density at radius 3 is 2.12 bits per heavy atom. The Labute approximate surface area is 244 Å². The lowest BCUT2D eigenvalue weighted by molar-refractivity contribution is -0.139. The number of rotatable bonds is 11. The van der Waals surface area contributed by atoms with Gasteiger partial charge in [0, 0.05) is 13.1 Å². The van der Waals surface area contributed by atoms with E-state index in [1.165, 1.54) is 29.2 Å².